The maximum Gasteiger partial charge on any atom is 0.419 e. The summed E-state index contributed by atoms with van der Waals surface area (Å²) in [6.07, 6.45) is 1.71. The molecular weight excluding hydrogens is 520 g/mol. The third-order valence-electron chi connectivity index (χ3n) is 5.98. The number of carbonyl (C=O) groups excluding carboxylic acids is 4. The number of nitrogens with one attached hydrogen (secondary N) is 2. The summed E-state index contributed by atoms with van der Waals surface area (Å²) in [5.74, 6) is -1.38. The zero-order chi connectivity index (χ0) is 29.4. The van der Waals surface area contributed by atoms with Crippen molar-refractivity contribution in [1.82, 2.24) is 24.8 Å². The molecule has 0 aliphatic rings. The minimum absolute atomic E-state index is 0.0521. The molecule has 0 aliphatic carbocycles. The predicted molar refractivity (Wildman–Crippen MR) is 145 cm³/mol. The van der Waals surface area contributed by atoms with Crippen LogP contribution in [0.1, 0.15) is 65.5 Å². The van der Waals surface area contributed by atoms with Gasteiger partial charge in [-0.25, -0.2) is 24.0 Å². The summed E-state index contributed by atoms with van der Waals surface area (Å²) in [7, 11) is 0. The van der Waals surface area contributed by atoms with Gasteiger partial charge in [-0.1, -0.05) is 19.9 Å². The van der Waals surface area contributed by atoms with E-state index in [0.717, 1.165) is 16.9 Å². The van der Waals surface area contributed by atoms with E-state index in [1.807, 2.05) is 19.9 Å². The fraction of sp³-hybridized carbons (Fsp3) is 0.407. The van der Waals surface area contributed by atoms with Crippen LogP contribution in [0.2, 0.25) is 0 Å². The maximum absolute atomic E-state index is 13.5. The van der Waals surface area contributed by atoms with Gasteiger partial charge >= 0.3 is 12.1 Å². The molecule has 3 aromatic rings. The minimum atomic E-state index is -1.38. The Labute approximate surface area is 231 Å². The maximum atomic E-state index is 13.5. The van der Waals surface area contributed by atoms with E-state index in [-0.39, 0.29) is 18.0 Å². The first-order chi connectivity index (χ1) is 19.1. The number of imide groups is 1. The van der Waals surface area contributed by atoms with Crippen LogP contribution < -0.4 is 10.6 Å². The zero-order valence-electron chi connectivity index (χ0n) is 23.2. The Morgan fingerprint density at radius 1 is 1.12 bits per heavy atom. The molecule has 214 valence electrons. The number of amides is 3. The second-order valence-corrected chi connectivity index (χ2v) is 9.10. The highest BCUT2D eigenvalue weighted by atomic mass is 16.7. The van der Waals surface area contributed by atoms with Gasteiger partial charge in [0.2, 0.25) is 6.79 Å². The quantitative estimate of drug-likeness (QED) is 0.237. The minimum Gasteiger partial charge on any atom is -0.426 e. The average Bonchev–Trinajstić information content (AvgIpc) is 3.28. The number of anilines is 2. The molecular formula is C27H34N6O7. The molecule has 13 nitrogen and oxygen atoms in total. The summed E-state index contributed by atoms with van der Waals surface area (Å²) in [6, 6.07) is 5.30. The van der Waals surface area contributed by atoms with E-state index >= 15 is 0 Å². The van der Waals surface area contributed by atoms with Gasteiger partial charge in [0.25, 0.3) is 11.8 Å². The van der Waals surface area contributed by atoms with Crippen molar-refractivity contribution in [3.05, 3.63) is 53.0 Å². The second kappa shape index (κ2) is 13.5. The molecule has 0 saturated heterocycles. The average molecular weight is 555 g/mol. The molecule has 0 radical (unpaired) electrons. The van der Waals surface area contributed by atoms with Gasteiger partial charge < -0.3 is 25.2 Å². The van der Waals surface area contributed by atoms with Crippen LogP contribution in [0.25, 0.3) is 5.52 Å². The topological polar surface area (TPSA) is 164 Å². The van der Waals surface area contributed by atoms with Crippen molar-refractivity contribution >= 4 is 40.9 Å². The summed E-state index contributed by atoms with van der Waals surface area (Å²) >= 11 is 0. The van der Waals surface area contributed by atoms with Gasteiger partial charge in [0.05, 0.1) is 5.56 Å². The Morgan fingerprint density at radius 2 is 1.88 bits per heavy atom. The zero-order valence-corrected chi connectivity index (χ0v) is 23.2. The van der Waals surface area contributed by atoms with E-state index in [2.05, 4.69) is 25.5 Å². The lowest BCUT2D eigenvalue weighted by Gasteiger charge is -2.19. The monoisotopic (exact) mass is 554 g/mol. The van der Waals surface area contributed by atoms with Gasteiger partial charge in [-0.2, -0.15) is 5.10 Å². The highest BCUT2D eigenvalue weighted by Crippen LogP contribution is 2.28. The number of rotatable bonds is 11. The van der Waals surface area contributed by atoms with Gasteiger partial charge in [0.15, 0.2) is 5.82 Å². The number of hydrogen-bond acceptors (Lipinski definition) is 10. The van der Waals surface area contributed by atoms with E-state index < -0.39 is 30.9 Å². The molecule has 0 bridgehead atoms. The van der Waals surface area contributed by atoms with Crippen LogP contribution in [0.15, 0.2) is 30.7 Å². The Balaban J connectivity index is 1.89. The van der Waals surface area contributed by atoms with Crippen molar-refractivity contribution in [1.29, 1.82) is 0 Å². The summed E-state index contributed by atoms with van der Waals surface area (Å²) < 4.78 is 11.1. The van der Waals surface area contributed by atoms with Crippen molar-refractivity contribution in [3.8, 4) is 0 Å². The number of aromatic nitrogens is 3. The summed E-state index contributed by atoms with van der Waals surface area (Å²) in [5.41, 5.74) is 3.22. The van der Waals surface area contributed by atoms with Crippen LogP contribution in [0.4, 0.5) is 16.3 Å². The van der Waals surface area contributed by atoms with Gasteiger partial charge in [-0.15, -0.1) is 0 Å². The lowest BCUT2D eigenvalue weighted by atomic mass is 10.1. The van der Waals surface area contributed by atoms with E-state index in [0.29, 0.717) is 41.1 Å². The SMILES string of the molecule is CCCNC(=O)c1ccc(C)c(Nc2ncnn3cc(C(=O)N(CCC)C(=O)OCOC(=O)C(C)O)c(C)c23)c1. The summed E-state index contributed by atoms with van der Waals surface area (Å²) in [6.45, 7) is 8.44. The Morgan fingerprint density at radius 3 is 2.55 bits per heavy atom. The van der Waals surface area contributed by atoms with Gasteiger partial charge in [-0.05, 0) is 56.9 Å². The number of fused-ring (bicyclic) bond motifs is 1. The number of aryl methyl sites for hydroxylation is 2. The lowest BCUT2D eigenvalue weighted by molar-refractivity contribution is -0.161. The molecule has 3 N–H and O–H groups in total. The van der Waals surface area contributed by atoms with E-state index in [1.165, 1.54) is 24.0 Å². The Kier molecular flexibility index (Phi) is 10.1. The highest BCUT2D eigenvalue weighted by Gasteiger charge is 2.28. The first-order valence-corrected chi connectivity index (χ1v) is 12.9. The standard InChI is InChI=1S/C27H34N6O7/c1-6-10-28-24(35)19-9-8-16(3)21(12-19)31-23-22-17(4)20(13-33(22)30-14-29-23)25(36)32(11-7-2)27(38)40-15-39-26(37)18(5)34/h8-9,12-14,18,34H,6-7,10-11,15H2,1-5H3,(H,28,35)(H,29,30,31). The van der Waals surface area contributed by atoms with Crippen molar-refractivity contribution in [2.75, 3.05) is 25.2 Å². The molecule has 1 unspecified atom stereocenters. The highest BCUT2D eigenvalue weighted by molar-refractivity contribution is 6.05. The van der Waals surface area contributed by atoms with E-state index in [4.69, 9.17) is 4.74 Å². The van der Waals surface area contributed by atoms with Crippen LogP contribution in [-0.2, 0) is 14.3 Å². The van der Waals surface area contributed by atoms with Gasteiger partial charge in [0.1, 0.15) is 17.9 Å². The number of ether oxygens (including phenoxy) is 2. The van der Waals surface area contributed by atoms with E-state index in [9.17, 15) is 24.3 Å². The van der Waals surface area contributed by atoms with Crippen molar-refractivity contribution < 1.29 is 33.8 Å². The first kappa shape index (κ1) is 30.0. The molecule has 0 aliphatic heterocycles. The van der Waals surface area contributed by atoms with Gasteiger partial charge in [-0.3, -0.25) is 9.59 Å². The number of esters is 1. The van der Waals surface area contributed by atoms with Crippen LogP contribution in [0.5, 0.6) is 0 Å². The van der Waals surface area contributed by atoms with Crippen molar-refractivity contribution in [2.24, 2.45) is 0 Å². The molecule has 1 aromatic carbocycles. The normalized spacial score (nSPS) is 11.6. The van der Waals surface area contributed by atoms with Crippen molar-refractivity contribution in [2.45, 2.75) is 53.6 Å². The number of nitrogens with zero attached hydrogens (tertiary/aromatic N) is 4. The molecule has 2 aromatic heterocycles. The largest absolute Gasteiger partial charge is 0.426 e. The molecule has 13 heteroatoms. The summed E-state index contributed by atoms with van der Waals surface area (Å²) in [4.78, 5) is 55.3. The lowest BCUT2D eigenvalue weighted by Crippen LogP contribution is -2.38. The van der Waals surface area contributed by atoms with Crippen LogP contribution >= 0.6 is 0 Å². The van der Waals surface area contributed by atoms with E-state index in [1.54, 1.807) is 26.0 Å². The van der Waals surface area contributed by atoms with Crippen LogP contribution in [0.3, 0.4) is 0 Å². The third kappa shape index (κ3) is 6.91. The Hall–Kier alpha value is -4.52. The molecule has 1 atom stereocenters. The predicted octanol–water partition coefficient (Wildman–Crippen LogP) is 3.10. The molecule has 3 amide bonds. The Bertz CT molecular complexity index is 1400. The summed E-state index contributed by atoms with van der Waals surface area (Å²) in [5, 5.41) is 19.5. The molecule has 0 saturated carbocycles. The number of aliphatic hydroxyl groups is 1. The number of benzene rings is 1. The van der Waals surface area contributed by atoms with Gasteiger partial charge in [0, 0.05) is 30.5 Å². The third-order valence-corrected chi connectivity index (χ3v) is 5.98. The van der Waals surface area contributed by atoms with Crippen LogP contribution in [0, 0.1) is 13.8 Å². The smallest absolute Gasteiger partial charge is 0.419 e. The molecule has 0 fully saturated rings. The molecule has 0 spiro atoms. The van der Waals surface area contributed by atoms with Crippen LogP contribution in [-0.4, -0.2) is 74.5 Å². The molecule has 3 rings (SSSR count). The second-order valence-electron chi connectivity index (χ2n) is 9.10. The fourth-order valence-electron chi connectivity index (χ4n) is 3.81. The first-order valence-electron chi connectivity index (χ1n) is 12.9. The number of hydrogen-bond donors (Lipinski definition) is 3. The molecule has 40 heavy (non-hydrogen) atoms. The number of carbonyl (C=O) groups is 4. The number of aliphatic hydroxyl groups excluding tert-OH is 1. The van der Waals surface area contributed by atoms with Crippen molar-refractivity contribution in [3.63, 3.8) is 0 Å². The molecule has 2 heterocycles. The fourth-order valence-corrected chi connectivity index (χ4v) is 3.81.